The first kappa shape index (κ1) is 37.7. The highest BCUT2D eigenvalue weighted by Gasteiger charge is 2.23. The lowest BCUT2D eigenvalue weighted by Crippen LogP contribution is -2.23. The molecule has 262 valence electrons. The standard InChI is InChI=1S/C42H51NO4.C2H6/c1-42(2,3)36-19-17-35(18-20-36)40(41(44)43-37-21-25-39(26-22-37)47-31-34-13-8-5-9-14-34)29-32-15-23-38(24-16-32)46-28-10-27-45-30-33-11-6-4-7-12-33;1-2/h4,6-7,11-12,15-26,34,40H,5,8-10,13-14,27-31H2,1-3H3,(H,43,44);1-2H3. The summed E-state index contributed by atoms with van der Waals surface area (Å²) in [5.41, 5.74) is 5.31. The maximum absolute atomic E-state index is 13.8. The van der Waals surface area contributed by atoms with Gasteiger partial charge in [-0.25, -0.2) is 0 Å². The third-order valence-electron chi connectivity index (χ3n) is 9.00. The number of hydrogen-bond donors (Lipinski definition) is 1. The first-order chi connectivity index (χ1) is 23.8. The van der Waals surface area contributed by atoms with E-state index in [-0.39, 0.29) is 17.2 Å². The number of benzene rings is 4. The molecule has 0 heterocycles. The van der Waals surface area contributed by atoms with Crippen molar-refractivity contribution in [1.82, 2.24) is 0 Å². The smallest absolute Gasteiger partial charge is 0.232 e. The molecule has 5 heteroatoms. The van der Waals surface area contributed by atoms with Gasteiger partial charge in [-0.2, -0.15) is 0 Å². The third-order valence-corrected chi connectivity index (χ3v) is 9.00. The van der Waals surface area contributed by atoms with E-state index in [1.54, 1.807) is 0 Å². The minimum Gasteiger partial charge on any atom is -0.494 e. The van der Waals surface area contributed by atoms with Crippen molar-refractivity contribution in [2.24, 2.45) is 5.92 Å². The summed E-state index contributed by atoms with van der Waals surface area (Å²) in [6.07, 6.45) is 7.87. The van der Waals surface area contributed by atoms with Gasteiger partial charge in [0.15, 0.2) is 0 Å². The molecule has 1 aliphatic carbocycles. The Morgan fingerprint density at radius 3 is 2.02 bits per heavy atom. The fourth-order valence-corrected chi connectivity index (χ4v) is 6.08. The Morgan fingerprint density at radius 1 is 0.735 bits per heavy atom. The number of carbonyl (C=O) groups is 1. The van der Waals surface area contributed by atoms with E-state index in [0.29, 0.717) is 32.2 Å². The van der Waals surface area contributed by atoms with Crippen molar-refractivity contribution in [2.75, 3.05) is 25.1 Å². The second kappa shape index (κ2) is 19.8. The molecule has 1 N–H and O–H groups in total. The lowest BCUT2D eigenvalue weighted by Gasteiger charge is -2.22. The summed E-state index contributed by atoms with van der Waals surface area (Å²) in [7, 11) is 0. The molecule has 0 bridgehead atoms. The maximum atomic E-state index is 13.8. The molecule has 4 aromatic carbocycles. The zero-order valence-electron chi connectivity index (χ0n) is 30.4. The highest BCUT2D eigenvalue weighted by molar-refractivity contribution is 5.96. The van der Waals surface area contributed by atoms with Crippen LogP contribution in [0.1, 0.15) is 101 Å². The molecule has 1 unspecified atom stereocenters. The maximum Gasteiger partial charge on any atom is 0.232 e. The van der Waals surface area contributed by atoms with Crippen LogP contribution in [0, 0.1) is 5.92 Å². The van der Waals surface area contributed by atoms with Gasteiger partial charge in [-0.15, -0.1) is 0 Å². The van der Waals surface area contributed by atoms with Crippen molar-refractivity contribution in [3.8, 4) is 11.5 Å². The third kappa shape index (κ3) is 12.7. The molecule has 49 heavy (non-hydrogen) atoms. The topological polar surface area (TPSA) is 56.8 Å². The summed E-state index contributed by atoms with van der Waals surface area (Å²) in [6.45, 7) is 13.2. The molecule has 1 saturated carbocycles. The molecule has 5 rings (SSSR count). The monoisotopic (exact) mass is 663 g/mol. The van der Waals surface area contributed by atoms with Crippen LogP contribution in [0.25, 0.3) is 0 Å². The van der Waals surface area contributed by atoms with Crippen molar-refractivity contribution in [3.63, 3.8) is 0 Å². The van der Waals surface area contributed by atoms with Gasteiger partial charge in [-0.05, 0) is 89.2 Å². The first-order valence-corrected chi connectivity index (χ1v) is 18.3. The van der Waals surface area contributed by atoms with Crippen LogP contribution < -0.4 is 14.8 Å². The number of rotatable bonds is 15. The Balaban J connectivity index is 0.00000265. The van der Waals surface area contributed by atoms with Crippen molar-refractivity contribution in [1.29, 1.82) is 0 Å². The largest absolute Gasteiger partial charge is 0.494 e. The molecule has 0 radical (unpaired) electrons. The average molecular weight is 664 g/mol. The van der Waals surface area contributed by atoms with Crippen LogP contribution in [-0.4, -0.2) is 25.7 Å². The Bertz CT molecular complexity index is 1490. The molecule has 1 atom stereocenters. The fraction of sp³-hybridized carbons (Fsp3) is 0.432. The Kier molecular flexibility index (Phi) is 15.2. The number of ether oxygens (including phenoxy) is 3. The molecule has 0 aliphatic heterocycles. The van der Waals surface area contributed by atoms with Crippen molar-refractivity contribution >= 4 is 11.6 Å². The molecule has 1 fully saturated rings. The lowest BCUT2D eigenvalue weighted by atomic mass is 9.84. The van der Waals surface area contributed by atoms with Gasteiger partial charge < -0.3 is 19.5 Å². The molecule has 4 aromatic rings. The molecule has 5 nitrogen and oxygen atoms in total. The van der Waals surface area contributed by atoms with Gasteiger partial charge in [-0.1, -0.05) is 121 Å². The normalized spacial score (nSPS) is 13.9. The fourth-order valence-electron chi connectivity index (χ4n) is 6.08. The van der Waals surface area contributed by atoms with Gasteiger partial charge in [0.1, 0.15) is 11.5 Å². The highest BCUT2D eigenvalue weighted by Crippen LogP contribution is 2.29. The summed E-state index contributed by atoms with van der Waals surface area (Å²) in [5.74, 6) is 1.95. The number of anilines is 1. The van der Waals surface area contributed by atoms with E-state index in [4.69, 9.17) is 14.2 Å². The number of carbonyl (C=O) groups excluding carboxylic acids is 1. The van der Waals surface area contributed by atoms with Gasteiger partial charge in [0.05, 0.1) is 32.3 Å². The molecular formula is C44H57NO4. The molecule has 1 amide bonds. The Morgan fingerprint density at radius 2 is 1.37 bits per heavy atom. The van der Waals surface area contributed by atoms with Crippen LogP contribution in [0.2, 0.25) is 0 Å². The predicted molar refractivity (Wildman–Crippen MR) is 203 cm³/mol. The number of nitrogens with one attached hydrogen (secondary N) is 1. The van der Waals surface area contributed by atoms with E-state index in [1.807, 2.05) is 68.4 Å². The minimum atomic E-state index is -0.347. The van der Waals surface area contributed by atoms with Crippen LogP contribution in [0.4, 0.5) is 5.69 Å². The van der Waals surface area contributed by atoms with Crippen molar-refractivity contribution in [3.05, 3.63) is 125 Å². The SMILES string of the molecule is CC.CC(C)(C)c1ccc(C(Cc2ccc(OCCCOCc3ccccc3)cc2)C(=O)Nc2ccc(OCC3CCCCC3)cc2)cc1. The molecule has 0 aromatic heterocycles. The van der Waals surface area contributed by atoms with Gasteiger partial charge >= 0.3 is 0 Å². The zero-order chi connectivity index (χ0) is 34.9. The summed E-state index contributed by atoms with van der Waals surface area (Å²) in [6, 6.07) is 34.6. The van der Waals surface area contributed by atoms with Crippen LogP contribution >= 0.6 is 0 Å². The van der Waals surface area contributed by atoms with E-state index in [1.165, 1.54) is 43.2 Å². The van der Waals surface area contributed by atoms with E-state index < -0.39 is 0 Å². The van der Waals surface area contributed by atoms with Crippen LogP contribution in [0.5, 0.6) is 11.5 Å². The van der Waals surface area contributed by atoms with Crippen molar-refractivity contribution in [2.45, 2.75) is 97.5 Å². The number of hydrogen-bond acceptors (Lipinski definition) is 4. The molecule has 1 aliphatic rings. The highest BCUT2D eigenvalue weighted by atomic mass is 16.5. The lowest BCUT2D eigenvalue weighted by molar-refractivity contribution is -0.117. The second-order valence-electron chi connectivity index (χ2n) is 13.8. The summed E-state index contributed by atoms with van der Waals surface area (Å²) < 4.78 is 17.8. The number of amides is 1. The quantitative estimate of drug-likeness (QED) is 0.129. The molecular weight excluding hydrogens is 606 g/mol. The van der Waals surface area contributed by atoms with E-state index in [0.717, 1.165) is 41.3 Å². The van der Waals surface area contributed by atoms with E-state index in [9.17, 15) is 4.79 Å². The van der Waals surface area contributed by atoms with E-state index in [2.05, 4.69) is 74.6 Å². The summed E-state index contributed by atoms with van der Waals surface area (Å²) in [4.78, 5) is 13.8. The predicted octanol–water partition coefficient (Wildman–Crippen LogP) is 10.9. The average Bonchev–Trinajstić information content (AvgIpc) is 3.13. The molecule has 0 saturated heterocycles. The zero-order valence-corrected chi connectivity index (χ0v) is 30.4. The van der Waals surface area contributed by atoms with Gasteiger partial charge in [0.2, 0.25) is 5.91 Å². The van der Waals surface area contributed by atoms with Crippen LogP contribution in [-0.2, 0) is 28.0 Å². The van der Waals surface area contributed by atoms with Crippen LogP contribution in [0.3, 0.4) is 0 Å². The second-order valence-corrected chi connectivity index (χ2v) is 13.8. The molecule has 0 spiro atoms. The summed E-state index contributed by atoms with van der Waals surface area (Å²) in [5, 5.41) is 3.17. The Hall–Kier alpha value is -4.09. The minimum absolute atomic E-state index is 0.0276. The Labute approximate surface area is 295 Å². The van der Waals surface area contributed by atoms with E-state index >= 15 is 0 Å². The summed E-state index contributed by atoms with van der Waals surface area (Å²) >= 11 is 0. The van der Waals surface area contributed by atoms with Crippen LogP contribution in [0.15, 0.2) is 103 Å². The van der Waals surface area contributed by atoms with Crippen molar-refractivity contribution < 1.29 is 19.0 Å². The first-order valence-electron chi connectivity index (χ1n) is 18.3. The van der Waals surface area contributed by atoms with Gasteiger partial charge in [-0.3, -0.25) is 4.79 Å². The van der Waals surface area contributed by atoms with Gasteiger partial charge in [0, 0.05) is 12.1 Å². The van der Waals surface area contributed by atoms with Gasteiger partial charge in [0.25, 0.3) is 0 Å².